The molecule has 4 nitrogen and oxygen atoms in total. The third-order valence-electron chi connectivity index (χ3n) is 4.27. The van der Waals surface area contributed by atoms with Crippen LogP contribution in [0.4, 0.5) is 0 Å². The lowest BCUT2D eigenvalue weighted by atomic mass is 9.69. The number of rotatable bonds is 3. The third kappa shape index (κ3) is 2.79. The van der Waals surface area contributed by atoms with E-state index in [4.69, 9.17) is 18.8 Å². The van der Waals surface area contributed by atoms with E-state index in [9.17, 15) is 0 Å². The normalized spacial score (nSPS) is 20.6. The molecule has 1 heterocycles. The van der Waals surface area contributed by atoms with Crippen molar-refractivity contribution < 1.29 is 18.8 Å². The second kappa shape index (κ2) is 5.30. The van der Waals surface area contributed by atoms with Gasteiger partial charge in [-0.25, -0.2) is 0 Å². The van der Waals surface area contributed by atoms with E-state index in [1.165, 1.54) is 0 Å². The molecule has 0 aromatic heterocycles. The van der Waals surface area contributed by atoms with Crippen molar-refractivity contribution in [3.63, 3.8) is 0 Å². The molecule has 0 N–H and O–H groups in total. The maximum absolute atomic E-state index is 6.14. The van der Waals surface area contributed by atoms with Crippen LogP contribution in [-0.4, -0.2) is 33.5 Å². The highest BCUT2D eigenvalue weighted by atomic mass is 16.6. The third-order valence-corrected chi connectivity index (χ3v) is 4.27. The van der Waals surface area contributed by atoms with Gasteiger partial charge in [0, 0.05) is 18.1 Å². The molecule has 20 heavy (non-hydrogen) atoms. The van der Waals surface area contributed by atoms with Gasteiger partial charge >= 0.3 is 7.12 Å². The maximum Gasteiger partial charge on any atom is 0.494 e. The quantitative estimate of drug-likeness (QED) is 0.795. The lowest BCUT2D eigenvalue weighted by molar-refractivity contribution is -0.0937. The van der Waals surface area contributed by atoms with Gasteiger partial charge in [-0.15, -0.1) is 0 Å². The van der Waals surface area contributed by atoms with Gasteiger partial charge in [0.25, 0.3) is 0 Å². The highest BCUT2D eigenvalue weighted by molar-refractivity contribution is 6.61. The highest BCUT2D eigenvalue weighted by Gasteiger charge is 2.47. The zero-order valence-electron chi connectivity index (χ0n) is 13.1. The summed E-state index contributed by atoms with van der Waals surface area (Å²) in [6.45, 7) is 9.13. The Morgan fingerprint density at radius 3 is 2.00 bits per heavy atom. The van der Waals surface area contributed by atoms with Crippen LogP contribution < -0.4 is 14.9 Å². The first-order valence-electron chi connectivity index (χ1n) is 6.81. The molecule has 2 rings (SSSR count). The Hall–Kier alpha value is -1.20. The first kappa shape index (κ1) is 15.2. The van der Waals surface area contributed by atoms with Crippen molar-refractivity contribution in [2.75, 3.05) is 20.8 Å². The molecular weight excluding hydrogens is 255 g/mol. The first-order valence-corrected chi connectivity index (χ1v) is 6.81. The Kier molecular flexibility index (Phi) is 4.03. The van der Waals surface area contributed by atoms with Crippen LogP contribution in [0, 0.1) is 5.41 Å². The standard InChI is InChI=1S/C15H23BO4/c1-14(2)10-19-16(20-15(14,3)4)11-7-12(17-5)9-13(8-11)18-6/h7-9H,10H2,1-6H3. The second-order valence-electron chi connectivity index (χ2n) is 6.30. The molecule has 1 aromatic carbocycles. The summed E-state index contributed by atoms with van der Waals surface area (Å²) in [7, 11) is 2.87. The summed E-state index contributed by atoms with van der Waals surface area (Å²) in [5.74, 6) is 1.46. The second-order valence-corrected chi connectivity index (χ2v) is 6.30. The van der Waals surface area contributed by atoms with E-state index in [0.717, 1.165) is 17.0 Å². The molecule has 0 atom stereocenters. The minimum atomic E-state index is -0.401. The Labute approximate surface area is 121 Å². The predicted molar refractivity (Wildman–Crippen MR) is 79.8 cm³/mol. The fourth-order valence-corrected chi connectivity index (χ4v) is 2.05. The van der Waals surface area contributed by atoms with E-state index >= 15 is 0 Å². The van der Waals surface area contributed by atoms with Crippen molar-refractivity contribution in [2.45, 2.75) is 33.3 Å². The van der Waals surface area contributed by atoms with Crippen molar-refractivity contribution in [1.29, 1.82) is 0 Å². The molecule has 0 aliphatic carbocycles. The molecule has 0 radical (unpaired) electrons. The number of methoxy groups -OCH3 is 2. The summed E-state index contributed by atoms with van der Waals surface area (Å²) in [5.41, 5.74) is 0.600. The molecule has 1 saturated heterocycles. The smallest absolute Gasteiger partial charge is 0.494 e. The largest absolute Gasteiger partial charge is 0.497 e. The number of ether oxygens (including phenoxy) is 2. The van der Waals surface area contributed by atoms with Crippen molar-refractivity contribution in [3.05, 3.63) is 18.2 Å². The molecule has 110 valence electrons. The molecule has 0 saturated carbocycles. The van der Waals surface area contributed by atoms with Gasteiger partial charge in [-0.3, -0.25) is 0 Å². The summed E-state index contributed by atoms with van der Waals surface area (Å²) >= 11 is 0. The minimum absolute atomic E-state index is 0.0353. The van der Waals surface area contributed by atoms with E-state index in [-0.39, 0.29) is 11.0 Å². The van der Waals surface area contributed by atoms with E-state index in [2.05, 4.69) is 27.7 Å². The average molecular weight is 278 g/mol. The van der Waals surface area contributed by atoms with Crippen LogP contribution in [0.1, 0.15) is 27.7 Å². The van der Waals surface area contributed by atoms with Crippen LogP contribution in [-0.2, 0) is 9.31 Å². The molecule has 1 aliphatic heterocycles. The zero-order chi connectivity index (χ0) is 15.0. The van der Waals surface area contributed by atoms with Gasteiger partial charge in [0.1, 0.15) is 11.5 Å². The van der Waals surface area contributed by atoms with Crippen LogP contribution in [0.25, 0.3) is 0 Å². The number of benzene rings is 1. The van der Waals surface area contributed by atoms with E-state index in [1.54, 1.807) is 14.2 Å². The average Bonchev–Trinajstić information content (AvgIpc) is 2.41. The monoisotopic (exact) mass is 278 g/mol. The Bertz CT molecular complexity index is 463. The van der Waals surface area contributed by atoms with Crippen molar-refractivity contribution in [3.8, 4) is 11.5 Å². The van der Waals surface area contributed by atoms with Crippen LogP contribution in [0.5, 0.6) is 11.5 Å². The predicted octanol–water partition coefficient (Wildman–Crippen LogP) is 2.25. The van der Waals surface area contributed by atoms with Gasteiger partial charge in [-0.05, 0) is 31.4 Å². The molecule has 0 bridgehead atoms. The van der Waals surface area contributed by atoms with Gasteiger partial charge in [0.2, 0.25) is 0 Å². The SMILES string of the molecule is COc1cc(OC)cc(B2OCC(C)(C)C(C)(C)O2)c1. The first-order chi connectivity index (χ1) is 9.29. The molecule has 0 amide bonds. The maximum atomic E-state index is 6.14. The number of hydrogen-bond acceptors (Lipinski definition) is 4. The van der Waals surface area contributed by atoms with Gasteiger partial charge in [-0.1, -0.05) is 13.8 Å². The Morgan fingerprint density at radius 2 is 1.55 bits per heavy atom. The molecule has 5 heteroatoms. The summed E-state index contributed by atoms with van der Waals surface area (Å²) < 4.78 is 22.6. The molecule has 1 fully saturated rings. The van der Waals surface area contributed by atoms with Gasteiger partial charge in [-0.2, -0.15) is 0 Å². The van der Waals surface area contributed by atoms with E-state index in [0.29, 0.717) is 6.61 Å². The number of hydrogen-bond donors (Lipinski definition) is 0. The van der Waals surface area contributed by atoms with E-state index < -0.39 is 7.12 Å². The molecule has 1 aromatic rings. The zero-order valence-corrected chi connectivity index (χ0v) is 13.1. The van der Waals surface area contributed by atoms with Crippen LogP contribution in [0.3, 0.4) is 0 Å². The lowest BCUT2D eigenvalue weighted by Crippen LogP contribution is -2.58. The highest BCUT2D eigenvalue weighted by Crippen LogP contribution is 2.38. The van der Waals surface area contributed by atoms with Gasteiger partial charge < -0.3 is 18.8 Å². The van der Waals surface area contributed by atoms with Crippen LogP contribution in [0.2, 0.25) is 0 Å². The summed E-state index contributed by atoms with van der Waals surface area (Å²) in [4.78, 5) is 0. The van der Waals surface area contributed by atoms with Crippen LogP contribution >= 0.6 is 0 Å². The van der Waals surface area contributed by atoms with Crippen LogP contribution in [0.15, 0.2) is 18.2 Å². The molecule has 0 spiro atoms. The Balaban J connectivity index is 2.29. The van der Waals surface area contributed by atoms with Crippen molar-refractivity contribution >= 4 is 12.6 Å². The fraction of sp³-hybridized carbons (Fsp3) is 0.600. The summed E-state index contributed by atoms with van der Waals surface area (Å²) in [6, 6.07) is 5.67. The topological polar surface area (TPSA) is 36.9 Å². The summed E-state index contributed by atoms with van der Waals surface area (Å²) in [6.07, 6.45) is 0. The molecular formula is C15H23BO4. The van der Waals surface area contributed by atoms with Gasteiger partial charge in [0.15, 0.2) is 0 Å². The lowest BCUT2D eigenvalue weighted by Gasteiger charge is -2.47. The van der Waals surface area contributed by atoms with Gasteiger partial charge in [0.05, 0.1) is 19.8 Å². The fourth-order valence-electron chi connectivity index (χ4n) is 2.05. The molecule has 1 aliphatic rings. The van der Waals surface area contributed by atoms with Crippen molar-refractivity contribution in [2.24, 2.45) is 5.41 Å². The van der Waals surface area contributed by atoms with E-state index in [1.807, 2.05) is 18.2 Å². The minimum Gasteiger partial charge on any atom is -0.497 e. The van der Waals surface area contributed by atoms with Crippen molar-refractivity contribution in [1.82, 2.24) is 0 Å². The summed E-state index contributed by atoms with van der Waals surface area (Å²) in [5, 5.41) is 0. The Morgan fingerprint density at radius 1 is 1.00 bits per heavy atom. The molecule has 0 unspecified atom stereocenters.